The Morgan fingerprint density at radius 1 is 1.14 bits per heavy atom. The molecule has 7 atom stereocenters. The zero-order chi connectivity index (χ0) is 43.3. The quantitative estimate of drug-likeness (QED) is 0.176. The molecule has 12 nitrogen and oxygen atoms in total. The lowest BCUT2D eigenvalue weighted by Crippen LogP contribution is -2.49. The predicted octanol–water partition coefficient (Wildman–Crippen LogP) is 7.59. The minimum Gasteiger partial charge on any atom is -0.495 e. The number of Topliss-reactive ketones (excluding diaryl/α,β-unsaturated/α-hetero) is 1. The second-order valence-corrected chi connectivity index (χ2v) is 20.6. The van der Waals surface area contributed by atoms with Crippen molar-refractivity contribution in [2.45, 2.75) is 134 Å². The number of esters is 1. The van der Waals surface area contributed by atoms with E-state index < -0.39 is 85.7 Å². The Bertz CT molecular complexity index is 2120. The number of methoxy groups -OCH3 is 1. The van der Waals surface area contributed by atoms with E-state index in [0.717, 1.165) is 13.8 Å². The molecule has 0 bridgehead atoms. The second-order valence-electron chi connectivity index (χ2n) is 18.0. The molecule has 3 fully saturated rings. The van der Waals surface area contributed by atoms with Gasteiger partial charge in [0.15, 0.2) is 11.4 Å². The van der Waals surface area contributed by atoms with E-state index in [9.17, 15) is 31.6 Å². The summed E-state index contributed by atoms with van der Waals surface area (Å²) < 4.78 is 73.9. The van der Waals surface area contributed by atoms with Gasteiger partial charge in [0.05, 0.1) is 47.2 Å². The van der Waals surface area contributed by atoms with E-state index in [4.69, 9.17) is 25.8 Å². The minimum atomic E-state index is -4.02. The predicted molar refractivity (Wildman–Crippen MR) is 218 cm³/mol. The number of pyridine rings is 1. The number of hydrogen-bond acceptors (Lipinski definition) is 10. The number of allylic oxidation sites excluding steroid dienone is 2. The lowest BCUT2D eigenvalue weighted by atomic mass is 9.79. The van der Waals surface area contributed by atoms with Crippen molar-refractivity contribution in [3.05, 3.63) is 41.6 Å². The van der Waals surface area contributed by atoms with Crippen molar-refractivity contribution in [2.75, 3.05) is 13.7 Å². The van der Waals surface area contributed by atoms with Crippen LogP contribution in [-0.2, 0) is 33.9 Å². The lowest BCUT2D eigenvalue weighted by Gasteiger charge is -2.35. The molecule has 2 amide bonds. The van der Waals surface area contributed by atoms with E-state index in [1.165, 1.54) is 12.0 Å². The zero-order valence-electron chi connectivity index (χ0n) is 34.8. The van der Waals surface area contributed by atoms with E-state index >= 15 is 4.79 Å². The van der Waals surface area contributed by atoms with Gasteiger partial charge in [-0.15, -0.1) is 0 Å². The Morgan fingerprint density at radius 2 is 1.85 bits per heavy atom. The zero-order valence-corrected chi connectivity index (χ0v) is 36.4. The summed E-state index contributed by atoms with van der Waals surface area (Å²) in [6, 6.07) is 4.01. The summed E-state index contributed by atoms with van der Waals surface area (Å²) in [6.45, 7) is 8.32. The molecule has 2 aliphatic heterocycles. The number of rotatable bonds is 11. The number of nitrogens with zero attached hydrogens (tertiary/aromatic N) is 2. The van der Waals surface area contributed by atoms with Crippen LogP contribution < -0.4 is 14.2 Å². The molecule has 0 unspecified atom stereocenters. The molecule has 1 aromatic carbocycles. The summed E-state index contributed by atoms with van der Waals surface area (Å²) in [4.78, 5) is 63.2. The number of benzene rings is 1. The molecule has 324 valence electrons. The van der Waals surface area contributed by atoms with Gasteiger partial charge >= 0.3 is 5.97 Å². The number of ether oxygens (including phenoxy) is 3. The van der Waals surface area contributed by atoms with E-state index in [2.05, 4.69) is 9.71 Å². The number of fused-ring (bicyclic) bond motifs is 3. The Labute approximate surface area is 350 Å². The van der Waals surface area contributed by atoms with E-state index in [0.29, 0.717) is 67.0 Å². The van der Waals surface area contributed by atoms with E-state index in [-0.39, 0.29) is 43.5 Å². The highest BCUT2D eigenvalue weighted by atomic mass is 35.5. The maximum atomic E-state index is 15.1. The van der Waals surface area contributed by atoms with Gasteiger partial charge < -0.3 is 19.1 Å². The highest BCUT2D eigenvalue weighted by Crippen LogP contribution is 2.58. The average molecular weight is 864 g/mol. The largest absolute Gasteiger partial charge is 0.495 e. The van der Waals surface area contributed by atoms with Gasteiger partial charge in [-0.05, 0) is 101 Å². The number of hydrogen-bond donors (Lipinski definition) is 1. The van der Waals surface area contributed by atoms with Crippen LogP contribution in [0.4, 0.5) is 8.78 Å². The Kier molecular flexibility index (Phi) is 12.5. The number of aromatic nitrogens is 1. The summed E-state index contributed by atoms with van der Waals surface area (Å²) in [5, 5.41) is 1.59. The van der Waals surface area contributed by atoms with Gasteiger partial charge in [-0.3, -0.25) is 23.9 Å². The third-order valence-corrected chi connectivity index (χ3v) is 15.7. The number of amides is 2. The molecule has 2 saturated carbocycles. The Morgan fingerprint density at radius 3 is 2.49 bits per heavy atom. The molecule has 0 radical (unpaired) electrons. The molecule has 4 aliphatic rings. The van der Waals surface area contributed by atoms with Crippen LogP contribution in [0.3, 0.4) is 0 Å². The minimum absolute atomic E-state index is 0.000547. The molecule has 3 heterocycles. The van der Waals surface area contributed by atoms with E-state index in [1.54, 1.807) is 31.3 Å². The van der Waals surface area contributed by atoms with Gasteiger partial charge in [0.2, 0.25) is 27.7 Å². The van der Waals surface area contributed by atoms with Crippen molar-refractivity contribution in [1.82, 2.24) is 14.6 Å². The summed E-state index contributed by atoms with van der Waals surface area (Å²) in [6.07, 6.45) is 7.20. The van der Waals surface area contributed by atoms with Crippen LogP contribution in [-0.4, -0.2) is 83.9 Å². The first-order valence-electron chi connectivity index (χ1n) is 20.5. The van der Waals surface area contributed by atoms with Crippen molar-refractivity contribution in [1.29, 1.82) is 0 Å². The van der Waals surface area contributed by atoms with Crippen molar-refractivity contribution < 1.29 is 50.6 Å². The third-order valence-electron chi connectivity index (χ3n) is 13.2. The van der Waals surface area contributed by atoms with Gasteiger partial charge in [-0.25, -0.2) is 22.2 Å². The molecular formula is C43H56ClF2N3O9S. The first kappa shape index (κ1) is 44.7. The van der Waals surface area contributed by atoms with Crippen LogP contribution in [0.2, 0.25) is 5.02 Å². The third kappa shape index (κ3) is 9.25. The number of carbonyl (C=O) groups is 4. The summed E-state index contributed by atoms with van der Waals surface area (Å²) in [5.74, 6) is -7.19. The fraction of sp³-hybridized carbons (Fsp3) is 0.651. The standard InChI is InChI=1S/C43H56ClF2N3O9S/c1-8-26-17-25(2)11-9-10-12-28-22-43(28,39(53)48-59(54,55)41(5)14-15-41)23-34(50)33-19-29(57-37-30-20-32(44)35(56-7)18-27(30)13-16-47-37)24-49(33)38(52)31(26)21-36(51)58-40(3,4)42(6,45)46/h10,12-13,16,18,20,25-26,28-29,31,33H,8-9,11,14-15,17,19,21-24H2,1-7H3,(H,48,53)/b12-10-/t25-,26-,28-,29-,31+,33+,43-/m1/s1. The number of nitrogens with one attached hydrogen (secondary N) is 1. The number of sulfonamides is 1. The van der Waals surface area contributed by atoms with Gasteiger partial charge in [-0.2, -0.15) is 0 Å². The summed E-state index contributed by atoms with van der Waals surface area (Å²) in [5.41, 5.74) is -3.51. The van der Waals surface area contributed by atoms with Gasteiger partial charge in [0.25, 0.3) is 5.92 Å². The molecule has 59 heavy (non-hydrogen) atoms. The maximum Gasteiger partial charge on any atom is 0.307 e. The van der Waals surface area contributed by atoms with Crippen molar-refractivity contribution in [3.63, 3.8) is 0 Å². The fourth-order valence-corrected chi connectivity index (χ4v) is 10.1. The molecule has 16 heteroatoms. The van der Waals surface area contributed by atoms with Crippen molar-refractivity contribution in [3.8, 4) is 11.6 Å². The van der Waals surface area contributed by atoms with Gasteiger partial charge in [-0.1, -0.05) is 44.0 Å². The monoisotopic (exact) mass is 863 g/mol. The summed E-state index contributed by atoms with van der Waals surface area (Å²) in [7, 11) is -2.52. The van der Waals surface area contributed by atoms with Crippen LogP contribution in [0.15, 0.2) is 36.5 Å². The van der Waals surface area contributed by atoms with Crippen molar-refractivity contribution in [2.24, 2.45) is 29.1 Å². The lowest BCUT2D eigenvalue weighted by molar-refractivity contribution is -0.197. The van der Waals surface area contributed by atoms with Crippen molar-refractivity contribution >= 4 is 56.0 Å². The molecule has 2 aliphatic carbocycles. The molecule has 6 rings (SSSR count). The molecule has 0 spiro atoms. The molecular weight excluding hydrogens is 808 g/mol. The maximum absolute atomic E-state index is 15.1. The number of carbonyl (C=O) groups excluding carboxylic acids is 4. The van der Waals surface area contributed by atoms with E-state index in [1.807, 2.05) is 26.0 Å². The van der Waals surface area contributed by atoms with Crippen LogP contribution in [0.25, 0.3) is 10.8 Å². The Balaban J connectivity index is 1.38. The summed E-state index contributed by atoms with van der Waals surface area (Å²) >= 11 is 6.48. The van der Waals surface area contributed by atoms with Crippen LogP contribution >= 0.6 is 11.6 Å². The Hall–Kier alpha value is -3.85. The highest BCUT2D eigenvalue weighted by Gasteiger charge is 2.63. The normalized spacial score (nSPS) is 29.4. The highest BCUT2D eigenvalue weighted by molar-refractivity contribution is 7.91. The van der Waals surface area contributed by atoms with Gasteiger partial charge in [0, 0.05) is 31.3 Å². The number of halogens is 3. The van der Waals surface area contributed by atoms with Crippen LogP contribution in [0.5, 0.6) is 11.6 Å². The SMILES string of the molecule is CC[C@@H]1C[C@H](C)CC/C=C\[C@@H]2C[C@@]2(C(=O)NS(=O)(=O)C2(C)CC2)CC(=O)[C@@H]2C[C@@H](Oc3nccc4cc(OC)c(Cl)cc34)CN2C(=O)[C@H]1CC(=O)OC(C)(C)C(C)(F)F. The molecule has 2 aromatic rings. The van der Waals surface area contributed by atoms with Crippen LogP contribution in [0.1, 0.15) is 106 Å². The number of alkyl halides is 2. The first-order valence-corrected chi connectivity index (χ1v) is 22.4. The topological polar surface area (TPSA) is 158 Å². The molecule has 1 saturated heterocycles. The molecule has 1 N–H and O–H groups in total. The average Bonchev–Trinajstić information content (AvgIpc) is 4.03. The van der Waals surface area contributed by atoms with Crippen LogP contribution in [0, 0.1) is 29.1 Å². The fourth-order valence-electron chi connectivity index (χ4n) is 8.49. The van der Waals surface area contributed by atoms with Gasteiger partial charge in [0.1, 0.15) is 11.9 Å². The molecule has 1 aromatic heterocycles. The second kappa shape index (κ2) is 16.5. The number of ketones is 1. The smallest absolute Gasteiger partial charge is 0.307 e. The first-order chi connectivity index (χ1) is 27.5.